The Morgan fingerprint density at radius 1 is 1.26 bits per heavy atom. The normalized spacial score (nSPS) is 13.3. The number of nitrogens with one attached hydrogen (secondary N) is 1. The van der Waals surface area contributed by atoms with Crippen molar-refractivity contribution in [2.24, 2.45) is 4.99 Å². The maximum absolute atomic E-state index is 12.6. The van der Waals surface area contributed by atoms with E-state index in [-0.39, 0.29) is 18.4 Å². The molecule has 2 amide bonds. The summed E-state index contributed by atoms with van der Waals surface area (Å²) in [5, 5.41) is 2.82. The van der Waals surface area contributed by atoms with Crippen LogP contribution in [0.25, 0.3) is 0 Å². The van der Waals surface area contributed by atoms with Gasteiger partial charge < -0.3 is 10.2 Å². The van der Waals surface area contributed by atoms with Crippen LogP contribution in [0.2, 0.25) is 0 Å². The van der Waals surface area contributed by atoms with Gasteiger partial charge in [-0.1, -0.05) is 31.5 Å². The highest BCUT2D eigenvalue weighted by Crippen LogP contribution is 2.14. The van der Waals surface area contributed by atoms with E-state index in [4.69, 9.17) is 0 Å². The van der Waals surface area contributed by atoms with Gasteiger partial charge in [-0.3, -0.25) is 14.6 Å². The fourth-order valence-corrected chi connectivity index (χ4v) is 2.36. The van der Waals surface area contributed by atoms with Gasteiger partial charge in [0.25, 0.3) is 5.91 Å². The summed E-state index contributed by atoms with van der Waals surface area (Å²) < 4.78 is 0. The van der Waals surface area contributed by atoms with Gasteiger partial charge >= 0.3 is 0 Å². The molecule has 0 fully saturated rings. The minimum atomic E-state index is -0.180. The minimum absolute atomic E-state index is 0.0643. The van der Waals surface area contributed by atoms with E-state index in [1.807, 2.05) is 30.3 Å². The van der Waals surface area contributed by atoms with Gasteiger partial charge in [0.15, 0.2) is 0 Å². The van der Waals surface area contributed by atoms with E-state index in [0.717, 1.165) is 24.9 Å². The van der Waals surface area contributed by atoms with Gasteiger partial charge in [0, 0.05) is 30.2 Å². The summed E-state index contributed by atoms with van der Waals surface area (Å²) in [6.07, 6.45) is 6.72. The van der Waals surface area contributed by atoms with Crippen LogP contribution in [0.15, 0.2) is 47.1 Å². The lowest BCUT2D eigenvalue weighted by atomic mass is 10.1. The number of para-hydroxylation sites is 1. The highest BCUT2D eigenvalue weighted by Gasteiger charge is 2.21. The first-order valence-corrected chi connectivity index (χ1v) is 8.05. The summed E-state index contributed by atoms with van der Waals surface area (Å²) in [5.74, 6) is -0.265. The third kappa shape index (κ3) is 5.36. The lowest BCUT2D eigenvalue weighted by molar-refractivity contribution is -0.131. The van der Waals surface area contributed by atoms with Crippen LogP contribution in [0.1, 0.15) is 32.6 Å². The predicted octanol–water partition coefficient (Wildman–Crippen LogP) is 3.00. The lowest BCUT2D eigenvalue weighted by Crippen LogP contribution is -2.39. The van der Waals surface area contributed by atoms with Crippen molar-refractivity contribution in [3.8, 4) is 0 Å². The van der Waals surface area contributed by atoms with Crippen molar-refractivity contribution in [2.45, 2.75) is 32.6 Å². The Bertz CT molecular complexity index is 594. The van der Waals surface area contributed by atoms with E-state index >= 15 is 0 Å². The van der Waals surface area contributed by atoms with Gasteiger partial charge in [-0.15, -0.1) is 0 Å². The topological polar surface area (TPSA) is 61.8 Å². The zero-order chi connectivity index (χ0) is 16.5. The van der Waals surface area contributed by atoms with Crippen LogP contribution in [-0.4, -0.2) is 36.0 Å². The van der Waals surface area contributed by atoms with Crippen molar-refractivity contribution in [1.29, 1.82) is 0 Å². The summed E-state index contributed by atoms with van der Waals surface area (Å²) in [7, 11) is 0. The maximum Gasteiger partial charge on any atom is 0.251 e. The first-order chi connectivity index (χ1) is 11.2. The Balaban J connectivity index is 1.99. The van der Waals surface area contributed by atoms with Gasteiger partial charge in [-0.25, -0.2) is 0 Å². The molecule has 1 aliphatic rings. The van der Waals surface area contributed by atoms with Crippen LogP contribution < -0.4 is 5.32 Å². The third-order valence-corrected chi connectivity index (χ3v) is 3.61. The van der Waals surface area contributed by atoms with Crippen molar-refractivity contribution in [3.63, 3.8) is 0 Å². The average molecular weight is 313 g/mol. The van der Waals surface area contributed by atoms with Crippen LogP contribution in [0.4, 0.5) is 5.69 Å². The van der Waals surface area contributed by atoms with Crippen LogP contribution in [0.3, 0.4) is 0 Å². The molecule has 2 rings (SSSR count). The second kappa shape index (κ2) is 8.88. The van der Waals surface area contributed by atoms with Crippen LogP contribution >= 0.6 is 0 Å². The number of hydrogen-bond acceptors (Lipinski definition) is 3. The number of rotatable bonds is 7. The number of aliphatic imine (C=N–C) groups is 1. The van der Waals surface area contributed by atoms with Crippen molar-refractivity contribution >= 4 is 23.7 Å². The molecule has 5 heteroatoms. The number of amides is 2. The average Bonchev–Trinajstić information content (AvgIpc) is 2.59. The van der Waals surface area contributed by atoms with Crippen molar-refractivity contribution in [2.75, 3.05) is 18.4 Å². The smallest absolute Gasteiger partial charge is 0.251 e. The summed E-state index contributed by atoms with van der Waals surface area (Å²) in [6.45, 7) is 2.71. The van der Waals surface area contributed by atoms with Gasteiger partial charge in [-0.05, 0) is 31.4 Å². The number of carbonyl (C=O) groups excluding carboxylic acids is 2. The molecular formula is C18H23N3O2. The second-order valence-electron chi connectivity index (χ2n) is 5.52. The minimum Gasteiger partial charge on any atom is -0.330 e. The molecule has 0 spiro atoms. The largest absolute Gasteiger partial charge is 0.330 e. The highest BCUT2D eigenvalue weighted by molar-refractivity contribution is 5.99. The molecule has 0 bridgehead atoms. The molecule has 1 N–H and O–H groups in total. The Morgan fingerprint density at radius 3 is 2.70 bits per heavy atom. The molecule has 0 saturated carbocycles. The molecule has 0 unspecified atom stereocenters. The number of benzene rings is 1. The molecule has 1 aliphatic heterocycles. The number of carbonyl (C=O) groups is 2. The Morgan fingerprint density at radius 2 is 2.04 bits per heavy atom. The van der Waals surface area contributed by atoms with Gasteiger partial charge in [0.05, 0.1) is 0 Å². The van der Waals surface area contributed by atoms with Crippen LogP contribution in [0, 0.1) is 0 Å². The Hall–Kier alpha value is -2.43. The third-order valence-electron chi connectivity index (χ3n) is 3.61. The molecule has 0 aliphatic carbocycles. The first kappa shape index (κ1) is 16.9. The fourth-order valence-electron chi connectivity index (χ4n) is 2.36. The molecule has 0 saturated heterocycles. The first-order valence-electron chi connectivity index (χ1n) is 8.05. The predicted molar refractivity (Wildman–Crippen MR) is 92.4 cm³/mol. The van der Waals surface area contributed by atoms with Gasteiger partial charge in [0.1, 0.15) is 6.54 Å². The quantitative estimate of drug-likeness (QED) is 0.841. The van der Waals surface area contributed by atoms with E-state index in [2.05, 4.69) is 17.2 Å². The summed E-state index contributed by atoms with van der Waals surface area (Å²) in [5.41, 5.74) is 1.41. The van der Waals surface area contributed by atoms with E-state index in [1.54, 1.807) is 17.3 Å². The van der Waals surface area contributed by atoms with E-state index in [1.165, 1.54) is 0 Å². The monoisotopic (exact) mass is 313 g/mol. The molecule has 0 atom stereocenters. The van der Waals surface area contributed by atoms with E-state index < -0.39 is 0 Å². The molecular weight excluding hydrogens is 290 g/mol. The standard InChI is InChI=1S/C18H23N3O2/c1-2-3-12-21(18(23)15-8-7-11-19-13-15)14-17(22)20-16-9-5-4-6-10-16/h4-6,9-11,13H,2-3,7-8,12,14H2,1H3,(H,20,22). The number of hydrogen-bond donors (Lipinski definition) is 1. The number of anilines is 1. The SMILES string of the molecule is CCCCN(CC(=O)Nc1ccccc1)C(=O)C1=CN=CCC1. The van der Waals surface area contributed by atoms with E-state index in [0.29, 0.717) is 18.5 Å². The highest BCUT2D eigenvalue weighted by atomic mass is 16.2. The zero-order valence-electron chi connectivity index (χ0n) is 13.5. The molecule has 1 aromatic rings. The van der Waals surface area contributed by atoms with E-state index in [9.17, 15) is 9.59 Å². The van der Waals surface area contributed by atoms with Crippen LogP contribution in [-0.2, 0) is 9.59 Å². The zero-order valence-corrected chi connectivity index (χ0v) is 13.5. The maximum atomic E-state index is 12.6. The molecule has 1 heterocycles. The molecule has 0 radical (unpaired) electrons. The van der Waals surface area contributed by atoms with Gasteiger partial charge in [-0.2, -0.15) is 0 Å². The lowest BCUT2D eigenvalue weighted by Gasteiger charge is -2.23. The fraction of sp³-hybridized carbons (Fsp3) is 0.389. The molecule has 122 valence electrons. The second-order valence-corrected chi connectivity index (χ2v) is 5.52. The van der Waals surface area contributed by atoms with Gasteiger partial charge in [0.2, 0.25) is 5.91 Å². The molecule has 5 nitrogen and oxygen atoms in total. The number of unbranched alkanes of at least 4 members (excludes halogenated alkanes) is 1. The molecule has 0 aromatic heterocycles. The summed E-state index contributed by atoms with van der Waals surface area (Å²) in [6, 6.07) is 9.27. The summed E-state index contributed by atoms with van der Waals surface area (Å²) in [4.78, 5) is 30.5. The Kier molecular flexibility index (Phi) is 6.54. The van der Waals surface area contributed by atoms with Crippen molar-refractivity contribution in [1.82, 2.24) is 4.90 Å². The molecule has 23 heavy (non-hydrogen) atoms. The van der Waals surface area contributed by atoms with Crippen molar-refractivity contribution in [3.05, 3.63) is 42.1 Å². The summed E-state index contributed by atoms with van der Waals surface area (Å²) >= 11 is 0. The van der Waals surface area contributed by atoms with Crippen molar-refractivity contribution < 1.29 is 9.59 Å². The number of nitrogens with zero attached hydrogens (tertiary/aromatic N) is 2. The Labute approximate surface area is 137 Å². The molecule has 1 aromatic carbocycles. The van der Waals surface area contributed by atoms with Crippen LogP contribution in [0.5, 0.6) is 0 Å².